The molecule has 1 aromatic carbocycles. The van der Waals surface area contributed by atoms with Crippen LogP contribution in [0.1, 0.15) is 19.3 Å². The standard InChI is InChI=1S/C14H20N2O3/c1-19-11-4-5-12(13(17)8-11)16-14(18)7-10-3-2-6-15-9-10/h4-5,8,10,15,17H,2-3,6-7,9H2,1H3,(H,16,18). The van der Waals surface area contributed by atoms with Crippen LogP contribution in [0.25, 0.3) is 0 Å². The third-order valence-electron chi connectivity index (χ3n) is 3.35. The van der Waals surface area contributed by atoms with Gasteiger partial charge in [0.25, 0.3) is 0 Å². The molecule has 1 aliphatic rings. The van der Waals surface area contributed by atoms with E-state index in [0.717, 1.165) is 25.9 Å². The number of nitrogens with one attached hydrogen (secondary N) is 2. The Labute approximate surface area is 113 Å². The third-order valence-corrected chi connectivity index (χ3v) is 3.35. The summed E-state index contributed by atoms with van der Waals surface area (Å²) in [5.41, 5.74) is 0.426. The zero-order chi connectivity index (χ0) is 13.7. The van der Waals surface area contributed by atoms with Crippen molar-refractivity contribution in [2.75, 3.05) is 25.5 Å². The number of piperidine rings is 1. The summed E-state index contributed by atoms with van der Waals surface area (Å²) in [6.45, 7) is 1.93. The van der Waals surface area contributed by atoms with Crippen LogP contribution in [0.5, 0.6) is 11.5 Å². The maximum atomic E-state index is 11.9. The van der Waals surface area contributed by atoms with Crippen LogP contribution in [-0.2, 0) is 4.79 Å². The minimum atomic E-state index is -0.0610. The van der Waals surface area contributed by atoms with Gasteiger partial charge in [-0.05, 0) is 44.0 Å². The van der Waals surface area contributed by atoms with Crippen molar-refractivity contribution < 1.29 is 14.6 Å². The highest BCUT2D eigenvalue weighted by Gasteiger charge is 2.17. The zero-order valence-electron chi connectivity index (χ0n) is 11.1. The minimum absolute atomic E-state index is 0.0227. The molecule has 0 saturated carbocycles. The Balaban J connectivity index is 1.91. The average molecular weight is 264 g/mol. The van der Waals surface area contributed by atoms with Gasteiger partial charge in [0.1, 0.15) is 11.5 Å². The molecule has 19 heavy (non-hydrogen) atoms. The Hall–Kier alpha value is -1.75. The highest BCUT2D eigenvalue weighted by atomic mass is 16.5. The summed E-state index contributed by atoms with van der Waals surface area (Å²) in [6, 6.07) is 4.83. The molecule has 1 fully saturated rings. The molecule has 5 heteroatoms. The SMILES string of the molecule is COc1ccc(NC(=O)CC2CCCNC2)c(O)c1. The second kappa shape index (κ2) is 6.43. The molecule has 1 amide bonds. The van der Waals surface area contributed by atoms with Gasteiger partial charge in [-0.1, -0.05) is 0 Å². The van der Waals surface area contributed by atoms with Crippen LogP contribution in [0, 0.1) is 5.92 Å². The molecule has 1 aromatic rings. The summed E-state index contributed by atoms with van der Waals surface area (Å²) < 4.78 is 5.00. The van der Waals surface area contributed by atoms with Crippen molar-refractivity contribution in [3.8, 4) is 11.5 Å². The molecule has 5 nitrogen and oxygen atoms in total. The van der Waals surface area contributed by atoms with E-state index in [1.165, 1.54) is 13.2 Å². The molecule has 1 heterocycles. The van der Waals surface area contributed by atoms with Crippen LogP contribution in [0.2, 0.25) is 0 Å². The van der Waals surface area contributed by atoms with Crippen LogP contribution < -0.4 is 15.4 Å². The molecule has 0 aromatic heterocycles. The molecule has 1 saturated heterocycles. The van der Waals surface area contributed by atoms with E-state index in [9.17, 15) is 9.90 Å². The number of methoxy groups -OCH3 is 1. The lowest BCUT2D eigenvalue weighted by Gasteiger charge is -2.22. The number of hydrogen-bond acceptors (Lipinski definition) is 4. The van der Waals surface area contributed by atoms with E-state index in [0.29, 0.717) is 23.8 Å². The summed E-state index contributed by atoms with van der Waals surface area (Å²) in [4.78, 5) is 11.9. The maximum absolute atomic E-state index is 11.9. The number of rotatable bonds is 4. The van der Waals surface area contributed by atoms with E-state index in [1.54, 1.807) is 12.1 Å². The Bertz CT molecular complexity index is 442. The molecule has 0 spiro atoms. The summed E-state index contributed by atoms with van der Waals surface area (Å²) in [5, 5.41) is 15.8. The molecule has 1 unspecified atom stereocenters. The fourth-order valence-electron chi connectivity index (χ4n) is 2.31. The highest BCUT2D eigenvalue weighted by molar-refractivity contribution is 5.92. The van der Waals surface area contributed by atoms with E-state index in [4.69, 9.17) is 4.74 Å². The van der Waals surface area contributed by atoms with Crippen LogP contribution >= 0.6 is 0 Å². The van der Waals surface area contributed by atoms with Gasteiger partial charge in [0.05, 0.1) is 12.8 Å². The molecule has 0 bridgehead atoms. The molecule has 3 N–H and O–H groups in total. The fraction of sp³-hybridized carbons (Fsp3) is 0.500. The molecular formula is C14H20N2O3. The van der Waals surface area contributed by atoms with Crippen LogP contribution in [0.4, 0.5) is 5.69 Å². The van der Waals surface area contributed by atoms with Gasteiger partial charge in [0, 0.05) is 12.5 Å². The first-order chi connectivity index (χ1) is 9.19. The van der Waals surface area contributed by atoms with Crippen LogP contribution in [-0.4, -0.2) is 31.2 Å². The highest BCUT2D eigenvalue weighted by Crippen LogP contribution is 2.28. The normalized spacial score (nSPS) is 18.9. The van der Waals surface area contributed by atoms with Gasteiger partial charge in [0.15, 0.2) is 0 Å². The van der Waals surface area contributed by atoms with E-state index in [1.807, 2.05) is 0 Å². The van der Waals surface area contributed by atoms with Crippen LogP contribution in [0.3, 0.4) is 0 Å². The van der Waals surface area contributed by atoms with E-state index >= 15 is 0 Å². The second-order valence-corrected chi connectivity index (χ2v) is 4.85. The lowest BCUT2D eigenvalue weighted by atomic mass is 9.96. The summed E-state index contributed by atoms with van der Waals surface area (Å²) in [6.07, 6.45) is 2.68. The molecular weight excluding hydrogens is 244 g/mol. The lowest BCUT2D eigenvalue weighted by Crippen LogP contribution is -2.32. The van der Waals surface area contributed by atoms with Crippen molar-refractivity contribution in [2.45, 2.75) is 19.3 Å². The Morgan fingerprint density at radius 3 is 3.05 bits per heavy atom. The third kappa shape index (κ3) is 3.86. The van der Waals surface area contributed by atoms with Crippen molar-refractivity contribution in [3.63, 3.8) is 0 Å². The monoisotopic (exact) mass is 264 g/mol. The van der Waals surface area contributed by atoms with Gasteiger partial charge in [-0.15, -0.1) is 0 Å². The Morgan fingerprint density at radius 1 is 1.58 bits per heavy atom. The van der Waals surface area contributed by atoms with Gasteiger partial charge in [-0.2, -0.15) is 0 Å². The second-order valence-electron chi connectivity index (χ2n) is 4.85. The van der Waals surface area contributed by atoms with E-state index in [-0.39, 0.29) is 11.7 Å². The number of anilines is 1. The summed E-state index contributed by atoms with van der Waals surface area (Å²) in [5.74, 6) is 0.907. The smallest absolute Gasteiger partial charge is 0.224 e. The quantitative estimate of drug-likeness (QED) is 0.724. The zero-order valence-corrected chi connectivity index (χ0v) is 11.1. The van der Waals surface area contributed by atoms with Crippen LogP contribution in [0.15, 0.2) is 18.2 Å². The Morgan fingerprint density at radius 2 is 2.42 bits per heavy atom. The fourth-order valence-corrected chi connectivity index (χ4v) is 2.31. The molecule has 1 atom stereocenters. The van der Waals surface area contributed by atoms with Crippen molar-refractivity contribution in [1.82, 2.24) is 5.32 Å². The molecule has 104 valence electrons. The number of benzene rings is 1. The number of carbonyl (C=O) groups excluding carboxylic acids is 1. The van der Waals surface area contributed by atoms with Gasteiger partial charge in [-0.25, -0.2) is 0 Å². The van der Waals surface area contributed by atoms with Crippen molar-refractivity contribution in [3.05, 3.63) is 18.2 Å². The van der Waals surface area contributed by atoms with Crippen molar-refractivity contribution in [2.24, 2.45) is 5.92 Å². The number of aromatic hydroxyl groups is 1. The molecule has 0 aliphatic carbocycles. The van der Waals surface area contributed by atoms with E-state index < -0.39 is 0 Å². The topological polar surface area (TPSA) is 70.6 Å². The largest absolute Gasteiger partial charge is 0.506 e. The molecule has 0 radical (unpaired) electrons. The molecule has 2 rings (SSSR count). The first-order valence-electron chi connectivity index (χ1n) is 6.56. The number of ether oxygens (including phenoxy) is 1. The minimum Gasteiger partial charge on any atom is -0.506 e. The maximum Gasteiger partial charge on any atom is 0.224 e. The predicted molar refractivity (Wildman–Crippen MR) is 73.5 cm³/mol. The summed E-state index contributed by atoms with van der Waals surface area (Å²) in [7, 11) is 1.53. The van der Waals surface area contributed by atoms with Crippen molar-refractivity contribution in [1.29, 1.82) is 0 Å². The summed E-state index contributed by atoms with van der Waals surface area (Å²) >= 11 is 0. The van der Waals surface area contributed by atoms with Gasteiger partial charge >= 0.3 is 0 Å². The lowest BCUT2D eigenvalue weighted by molar-refractivity contribution is -0.117. The number of phenolic OH excluding ortho intramolecular Hbond substituents is 1. The van der Waals surface area contributed by atoms with Gasteiger partial charge in [0.2, 0.25) is 5.91 Å². The van der Waals surface area contributed by atoms with Gasteiger partial charge < -0.3 is 20.5 Å². The predicted octanol–water partition coefficient (Wildman–Crippen LogP) is 1.73. The Kier molecular flexibility index (Phi) is 4.63. The molecule has 1 aliphatic heterocycles. The number of amides is 1. The first-order valence-corrected chi connectivity index (χ1v) is 6.56. The van der Waals surface area contributed by atoms with E-state index in [2.05, 4.69) is 10.6 Å². The number of hydrogen-bond donors (Lipinski definition) is 3. The number of carbonyl (C=O) groups is 1. The van der Waals surface area contributed by atoms with Crippen molar-refractivity contribution >= 4 is 11.6 Å². The average Bonchev–Trinajstić information content (AvgIpc) is 2.42. The number of phenols is 1. The first kappa shape index (κ1) is 13.7. The van der Waals surface area contributed by atoms with Gasteiger partial charge in [-0.3, -0.25) is 4.79 Å².